The number of nitrogens with two attached hydrogens (primary N) is 1. The molecule has 0 aliphatic rings. The zero-order valence-electron chi connectivity index (χ0n) is 10.6. The van der Waals surface area contributed by atoms with Gasteiger partial charge in [0.2, 0.25) is 5.78 Å². The van der Waals surface area contributed by atoms with Crippen molar-refractivity contribution in [2.24, 2.45) is 0 Å². The number of ketones is 1. The van der Waals surface area contributed by atoms with Crippen LogP contribution in [0.3, 0.4) is 0 Å². The second kappa shape index (κ2) is 4.76. The molecule has 100 valence electrons. The Kier molecular flexibility index (Phi) is 3.90. The molecule has 0 bridgehead atoms. The summed E-state index contributed by atoms with van der Waals surface area (Å²) in [7, 11) is -1.67. The molecule has 0 amide bonds. The van der Waals surface area contributed by atoms with Gasteiger partial charge < -0.3 is 5.73 Å². The molecule has 0 saturated carbocycles. The maximum Gasteiger partial charge on any atom is 0.450 e. The molecule has 6 heteroatoms. The average Bonchev–Trinajstić information content (AvgIpc) is 2.13. The number of halogens is 3. The zero-order valence-corrected chi connectivity index (χ0v) is 11.6. The van der Waals surface area contributed by atoms with Crippen LogP contribution in [0.5, 0.6) is 0 Å². The fourth-order valence-corrected chi connectivity index (χ4v) is 2.76. The summed E-state index contributed by atoms with van der Waals surface area (Å²) in [6, 6.07) is 4.85. The predicted molar refractivity (Wildman–Crippen MR) is 68.6 cm³/mol. The number of carbonyl (C=O) groups is 1. The van der Waals surface area contributed by atoms with Gasteiger partial charge in [-0.3, -0.25) is 4.79 Å². The number of hydrogen-bond donors (Lipinski definition) is 1. The lowest BCUT2D eigenvalue weighted by Crippen LogP contribution is -2.38. The van der Waals surface area contributed by atoms with Crippen LogP contribution in [0.4, 0.5) is 18.9 Å². The first-order chi connectivity index (χ1) is 8.00. The lowest BCUT2D eigenvalue weighted by Gasteiger charge is -2.18. The van der Waals surface area contributed by atoms with Crippen molar-refractivity contribution in [2.45, 2.75) is 32.2 Å². The van der Waals surface area contributed by atoms with E-state index in [4.69, 9.17) is 5.73 Å². The lowest BCUT2D eigenvalue weighted by molar-refractivity contribution is -0.170. The van der Waals surface area contributed by atoms with Gasteiger partial charge in [0, 0.05) is 12.1 Å². The van der Waals surface area contributed by atoms with Crippen molar-refractivity contribution >= 4 is 24.7 Å². The number of nitrogen functional groups attached to an aromatic ring is 1. The molecule has 0 fully saturated rings. The molecule has 18 heavy (non-hydrogen) atoms. The van der Waals surface area contributed by atoms with Gasteiger partial charge in [-0.1, -0.05) is 30.9 Å². The molecular weight excluding hydrogens is 259 g/mol. The first kappa shape index (κ1) is 14.8. The summed E-state index contributed by atoms with van der Waals surface area (Å²) in [5.74, 6) is -1.74. The molecule has 0 radical (unpaired) electrons. The third-order valence-corrected chi connectivity index (χ3v) is 4.58. The Morgan fingerprint density at radius 2 is 1.78 bits per heavy atom. The zero-order chi connectivity index (χ0) is 14.1. The van der Waals surface area contributed by atoms with E-state index in [1.54, 1.807) is 12.1 Å². The van der Waals surface area contributed by atoms with Crippen LogP contribution >= 0.6 is 0 Å². The highest BCUT2D eigenvalue weighted by Crippen LogP contribution is 2.19. The van der Waals surface area contributed by atoms with Gasteiger partial charge in [0.05, 0.1) is 8.07 Å². The molecule has 0 aliphatic carbocycles. The van der Waals surface area contributed by atoms with Crippen molar-refractivity contribution in [1.82, 2.24) is 0 Å². The van der Waals surface area contributed by atoms with Crippen LogP contribution in [-0.4, -0.2) is 20.0 Å². The highest BCUT2D eigenvalue weighted by Gasteiger charge is 2.37. The Labute approximate surface area is 105 Å². The molecule has 1 aromatic carbocycles. The molecule has 0 saturated heterocycles. The minimum absolute atomic E-state index is 0.328. The van der Waals surface area contributed by atoms with E-state index in [-0.39, 0.29) is 0 Å². The lowest BCUT2D eigenvalue weighted by atomic mass is 10.1. The SMILES string of the molecule is C[Si](C)(C)c1cc(N)cc(CC(=O)C(F)(F)F)c1. The fourth-order valence-electron chi connectivity index (χ4n) is 1.54. The Morgan fingerprint density at radius 1 is 1.22 bits per heavy atom. The summed E-state index contributed by atoms with van der Waals surface area (Å²) in [5, 5.41) is 0.951. The largest absolute Gasteiger partial charge is 0.450 e. The van der Waals surface area contributed by atoms with Gasteiger partial charge in [-0.25, -0.2) is 0 Å². The number of rotatable bonds is 3. The summed E-state index contributed by atoms with van der Waals surface area (Å²) in [5.41, 5.74) is 6.40. The van der Waals surface area contributed by atoms with Crippen molar-refractivity contribution in [3.8, 4) is 0 Å². The topological polar surface area (TPSA) is 43.1 Å². The standard InChI is InChI=1S/C12H16F3NOSi/c1-18(2,3)10-5-8(4-9(16)7-10)6-11(17)12(13,14)15/h4-5,7H,6,16H2,1-3H3. The van der Waals surface area contributed by atoms with Gasteiger partial charge in [-0.2, -0.15) is 13.2 Å². The molecule has 0 unspecified atom stereocenters. The van der Waals surface area contributed by atoms with Gasteiger partial charge in [0.1, 0.15) is 0 Å². The predicted octanol–water partition coefficient (Wildman–Crippen LogP) is 2.49. The fraction of sp³-hybridized carbons (Fsp3) is 0.417. The maximum absolute atomic E-state index is 12.2. The summed E-state index contributed by atoms with van der Waals surface area (Å²) in [4.78, 5) is 11.0. The van der Waals surface area contributed by atoms with E-state index in [1.165, 1.54) is 6.07 Å². The Bertz CT molecular complexity index is 463. The smallest absolute Gasteiger partial charge is 0.399 e. The molecule has 1 rings (SSSR count). The van der Waals surface area contributed by atoms with Gasteiger partial charge in [-0.05, 0) is 17.7 Å². The molecule has 0 aromatic heterocycles. The molecule has 2 nitrogen and oxygen atoms in total. The Morgan fingerprint density at radius 3 is 2.22 bits per heavy atom. The van der Waals surface area contributed by atoms with Gasteiger partial charge >= 0.3 is 6.18 Å². The molecule has 2 N–H and O–H groups in total. The van der Waals surface area contributed by atoms with Crippen molar-refractivity contribution in [3.05, 3.63) is 23.8 Å². The van der Waals surface area contributed by atoms with Gasteiger partial charge in [0.25, 0.3) is 0 Å². The van der Waals surface area contributed by atoms with Crippen LogP contribution < -0.4 is 10.9 Å². The number of anilines is 1. The van der Waals surface area contributed by atoms with Crippen LogP contribution in [0.1, 0.15) is 5.56 Å². The van der Waals surface area contributed by atoms with Crippen molar-refractivity contribution in [1.29, 1.82) is 0 Å². The number of alkyl halides is 3. The van der Waals surface area contributed by atoms with E-state index in [0.717, 1.165) is 5.19 Å². The molecule has 0 heterocycles. The summed E-state index contributed by atoms with van der Waals surface area (Å²) < 4.78 is 36.6. The third-order valence-electron chi connectivity index (χ3n) is 2.56. The summed E-state index contributed by atoms with van der Waals surface area (Å²) in [6.07, 6.45) is -5.43. The molecule has 1 aromatic rings. The normalized spacial score (nSPS) is 12.6. The summed E-state index contributed by atoms with van der Waals surface area (Å²) >= 11 is 0. The maximum atomic E-state index is 12.2. The van der Waals surface area contributed by atoms with Crippen LogP contribution in [0, 0.1) is 0 Å². The quantitative estimate of drug-likeness (QED) is 0.680. The average molecular weight is 275 g/mol. The third kappa shape index (κ3) is 3.87. The van der Waals surface area contributed by atoms with Crippen molar-refractivity contribution in [2.75, 3.05) is 5.73 Å². The number of carbonyl (C=O) groups excluding carboxylic acids is 1. The van der Waals surface area contributed by atoms with E-state index in [2.05, 4.69) is 19.6 Å². The highest BCUT2D eigenvalue weighted by molar-refractivity contribution is 6.88. The van der Waals surface area contributed by atoms with Gasteiger partial charge in [0.15, 0.2) is 0 Å². The van der Waals surface area contributed by atoms with Crippen LogP contribution in [0.25, 0.3) is 0 Å². The second-order valence-corrected chi connectivity index (χ2v) is 10.4. The van der Waals surface area contributed by atoms with E-state index < -0.39 is 26.5 Å². The van der Waals surface area contributed by atoms with E-state index in [1.807, 2.05) is 0 Å². The van der Waals surface area contributed by atoms with E-state index in [9.17, 15) is 18.0 Å². The van der Waals surface area contributed by atoms with Crippen LogP contribution in [-0.2, 0) is 11.2 Å². The molecule has 0 atom stereocenters. The molecular formula is C12H16F3NOSi. The van der Waals surface area contributed by atoms with E-state index in [0.29, 0.717) is 11.3 Å². The Hall–Kier alpha value is -1.30. The molecule has 0 aliphatic heterocycles. The van der Waals surface area contributed by atoms with Gasteiger partial charge in [-0.15, -0.1) is 0 Å². The first-order valence-electron chi connectivity index (χ1n) is 5.50. The minimum atomic E-state index is -4.79. The van der Waals surface area contributed by atoms with Crippen molar-refractivity contribution < 1.29 is 18.0 Å². The van der Waals surface area contributed by atoms with Crippen LogP contribution in [0.2, 0.25) is 19.6 Å². The van der Waals surface area contributed by atoms with Crippen LogP contribution in [0.15, 0.2) is 18.2 Å². The second-order valence-electron chi connectivity index (χ2n) is 5.31. The van der Waals surface area contributed by atoms with Crippen molar-refractivity contribution in [3.63, 3.8) is 0 Å². The highest BCUT2D eigenvalue weighted by atomic mass is 28.3. The number of hydrogen-bond acceptors (Lipinski definition) is 2. The number of benzene rings is 1. The molecule has 0 spiro atoms. The summed E-state index contributed by atoms with van der Waals surface area (Å²) in [6.45, 7) is 6.20. The monoisotopic (exact) mass is 275 g/mol. The Balaban J connectivity index is 3.05. The first-order valence-corrected chi connectivity index (χ1v) is 9.00. The van der Waals surface area contributed by atoms with E-state index >= 15 is 0 Å². The number of Topliss-reactive ketones (excluding diaryl/α,β-unsaturated/α-hetero) is 1. The minimum Gasteiger partial charge on any atom is -0.399 e.